The molecule has 2 aromatic rings. The van der Waals surface area contributed by atoms with E-state index in [9.17, 15) is 4.39 Å². The van der Waals surface area contributed by atoms with Crippen LogP contribution in [-0.2, 0) is 0 Å². The van der Waals surface area contributed by atoms with Gasteiger partial charge in [-0.25, -0.2) is 4.39 Å². The third-order valence-corrected chi connectivity index (χ3v) is 1.89. The molecule has 0 amide bonds. The van der Waals surface area contributed by atoms with Crippen molar-refractivity contribution in [2.45, 2.75) is 0 Å². The van der Waals surface area contributed by atoms with Gasteiger partial charge in [0.1, 0.15) is 5.82 Å². The summed E-state index contributed by atoms with van der Waals surface area (Å²) in [6.45, 7) is 0. The van der Waals surface area contributed by atoms with Gasteiger partial charge in [-0.05, 0) is 12.1 Å². The van der Waals surface area contributed by atoms with E-state index in [0.717, 1.165) is 5.56 Å². The van der Waals surface area contributed by atoms with E-state index in [2.05, 4.69) is 0 Å². The van der Waals surface area contributed by atoms with Crippen LogP contribution in [0.15, 0.2) is 41.2 Å². The Morgan fingerprint density at radius 1 is 1.23 bits per heavy atom. The van der Waals surface area contributed by atoms with Crippen LogP contribution in [0.3, 0.4) is 0 Å². The number of rotatable bonds is 1. The van der Waals surface area contributed by atoms with Crippen LogP contribution in [0, 0.1) is 5.82 Å². The average molecular weight is 177 g/mol. The molecule has 1 aromatic heterocycles. The van der Waals surface area contributed by atoms with Crippen molar-refractivity contribution in [1.82, 2.24) is 0 Å². The fraction of sp³-hybridized carbons (Fsp3) is 0. The quantitative estimate of drug-likeness (QED) is 0.680. The van der Waals surface area contributed by atoms with Crippen LogP contribution < -0.4 is 5.73 Å². The molecule has 0 radical (unpaired) electrons. The standard InChI is InChI=1S/C10H8FNO/c11-9-3-1-2-8(10(9)12)7-4-5-13-6-7/h1-6H,12H2. The maximum Gasteiger partial charge on any atom is 0.146 e. The van der Waals surface area contributed by atoms with Gasteiger partial charge in [-0.1, -0.05) is 12.1 Å². The van der Waals surface area contributed by atoms with Crippen LogP contribution in [0.4, 0.5) is 10.1 Å². The highest BCUT2D eigenvalue weighted by Gasteiger charge is 2.06. The predicted octanol–water partition coefficient (Wildman–Crippen LogP) is 2.67. The van der Waals surface area contributed by atoms with Crippen molar-refractivity contribution < 1.29 is 8.81 Å². The monoisotopic (exact) mass is 177 g/mol. The Morgan fingerprint density at radius 2 is 2.08 bits per heavy atom. The second-order valence-corrected chi connectivity index (χ2v) is 2.71. The number of benzene rings is 1. The lowest BCUT2D eigenvalue weighted by atomic mass is 10.1. The number of anilines is 1. The van der Waals surface area contributed by atoms with Gasteiger partial charge in [0.05, 0.1) is 18.2 Å². The minimum absolute atomic E-state index is 0.156. The molecular weight excluding hydrogens is 169 g/mol. The number of halogens is 1. The fourth-order valence-corrected chi connectivity index (χ4v) is 1.21. The van der Waals surface area contributed by atoms with E-state index in [4.69, 9.17) is 10.2 Å². The number of nitrogen functional groups attached to an aromatic ring is 1. The molecule has 0 aliphatic heterocycles. The Balaban J connectivity index is 2.59. The highest BCUT2D eigenvalue weighted by Crippen LogP contribution is 2.27. The van der Waals surface area contributed by atoms with Crippen molar-refractivity contribution in [1.29, 1.82) is 0 Å². The van der Waals surface area contributed by atoms with E-state index in [0.29, 0.717) is 5.56 Å². The van der Waals surface area contributed by atoms with E-state index < -0.39 is 5.82 Å². The molecule has 0 fully saturated rings. The van der Waals surface area contributed by atoms with Crippen molar-refractivity contribution in [3.63, 3.8) is 0 Å². The van der Waals surface area contributed by atoms with Crippen molar-refractivity contribution in [3.8, 4) is 11.1 Å². The third kappa shape index (κ3) is 1.28. The van der Waals surface area contributed by atoms with Crippen LogP contribution in [0.5, 0.6) is 0 Å². The van der Waals surface area contributed by atoms with Crippen LogP contribution in [0.1, 0.15) is 0 Å². The molecule has 13 heavy (non-hydrogen) atoms. The van der Waals surface area contributed by atoms with Gasteiger partial charge in [-0.15, -0.1) is 0 Å². The lowest BCUT2D eigenvalue weighted by Crippen LogP contribution is -1.92. The van der Waals surface area contributed by atoms with Crippen molar-refractivity contribution >= 4 is 5.69 Å². The van der Waals surface area contributed by atoms with Gasteiger partial charge in [0.2, 0.25) is 0 Å². The molecule has 0 spiro atoms. The summed E-state index contributed by atoms with van der Waals surface area (Å²) in [6.07, 6.45) is 3.06. The largest absolute Gasteiger partial charge is 0.472 e. The summed E-state index contributed by atoms with van der Waals surface area (Å²) in [5.74, 6) is -0.404. The Morgan fingerprint density at radius 3 is 2.77 bits per heavy atom. The third-order valence-electron chi connectivity index (χ3n) is 1.89. The minimum Gasteiger partial charge on any atom is -0.472 e. The Hall–Kier alpha value is -1.77. The summed E-state index contributed by atoms with van der Waals surface area (Å²) >= 11 is 0. The zero-order valence-electron chi connectivity index (χ0n) is 6.83. The molecule has 1 heterocycles. The molecule has 1 aromatic carbocycles. The summed E-state index contributed by atoms with van der Waals surface area (Å²) in [7, 11) is 0. The lowest BCUT2D eigenvalue weighted by molar-refractivity contribution is 0.568. The van der Waals surface area contributed by atoms with Gasteiger partial charge in [0.15, 0.2) is 0 Å². The molecule has 0 atom stereocenters. The van der Waals surface area contributed by atoms with Crippen molar-refractivity contribution in [3.05, 3.63) is 42.6 Å². The van der Waals surface area contributed by atoms with Gasteiger partial charge in [-0.3, -0.25) is 0 Å². The van der Waals surface area contributed by atoms with Gasteiger partial charge in [-0.2, -0.15) is 0 Å². The first-order chi connectivity index (χ1) is 6.29. The van der Waals surface area contributed by atoms with E-state index in [1.54, 1.807) is 18.2 Å². The average Bonchev–Trinajstić information content (AvgIpc) is 2.62. The number of hydrogen-bond donors (Lipinski definition) is 1. The number of furan rings is 1. The summed E-state index contributed by atoms with van der Waals surface area (Å²) in [5.41, 5.74) is 7.16. The molecule has 2 nitrogen and oxygen atoms in total. The summed E-state index contributed by atoms with van der Waals surface area (Å²) in [4.78, 5) is 0. The number of nitrogens with two attached hydrogens (primary N) is 1. The van der Waals surface area contributed by atoms with Crippen molar-refractivity contribution in [2.75, 3.05) is 5.73 Å². The Labute approximate surface area is 74.8 Å². The number of para-hydroxylation sites is 1. The number of hydrogen-bond acceptors (Lipinski definition) is 2. The molecule has 0 saturated carbocycles. The van der Waals surface area contributed by atoms with Gasteiger partial charge in [0.25, 0.3) is 0 Å². The molecule has 0 unspecified atom stereocenters. The molecule has 0 aliphatic carbocycles. The van der Waals surface area contributed by atoms with Crippen LogP contribution in [0.25, 0.3) is 11.1 Å². The molecule has 66 valence electrons. The maximum atomic E-state index is 13.0. The van der Waals surface area contributed by atoms with Crippen LogP contribution >= 0.6 is 0 Å². The van der Waals surface area contributed by atoms with Gasteiger partial charge >= 0.3 is 0 Å². The SMILES string of the molecule is Nc1c(F)cccc1-c1ccoc1. The lowest BCUT2D eigenvalue weighted by Gasteiger charge is -2.02. The highest BCUT2D eigenvalue weighted by molar-refractivity contribution is 5.75. The smallest absolute Gasteiger partial charge is 0.146 e. The molecule has 0 saturated heterocycles. The van der Waals surface area contributed by atoms with E-state index in [1.165, 1.54) is 18.6 Å². The zero-order valence-corrected chi connectivity index (χ0v) is 6.83. The normalized spacial score (nSPS) is 10.2. The summed E-state index contributed by atoms with van der Waals surface area (Å²) < 4.78 is 17.9. The fourth-order valence-electron chi connectivity index (χ4n) is 1.21. The van der Waals surface area contributed by atoms with Crippen LogP contribution in [0.2, 0.25) is 0 Å². The topological polar surface area (TPSA) is 39.2 Å². The molecule has 2 rings (SSSR count). The second-order valence-electron chi connectivity index (χ2n) is 2.71. The molecule has 0 bridgehead atoms. The Kier molecular flexibility index (Phi) is 1.77. The molecule has 0 aliphatic rings. The van der Waals surface area contributed by atoms with Gasteiger partial charge in [0, 0.05) is 11.1 Å². The van der Waals surface area contributed by atoms with Crippen molar-refractivity contribution in [2.24, 2.45) is 0 Å². The van der Waals surface area contributed by atoms with E-state index in [1.807, 2.05) is 0 Å². The minimum atomic E-state index is -0.404. The summed E-state index contributed by atoms with van der Waals surface area (Å²) in [5, 5.41) is 0. The first-order valence-electron chi connectivity index (χ1n) is 3.85. The molecule has 2 N–H and O–H groups in total. The first kappa shape index (κ1) is 7.86. The van der Waals surface area contributed by atoms with E-state index >= 15 is 0 Å². The first-order valence-corrected chi connectivity index (χ1v) is 3.85. The predicted molar refractivity (Wildman–Crippen MR) is 48.5 cm³/mol. The summed E-state index contributed by atoms with van der Waals surface area (Å²) in [6, 6.07) is 6.45. The second kappa shape index (κ2) is 2.94. The van der Waals surface area contributed by atoms with Crippen LogP contribution in [-0.4, -0.2) is 0 Å². The maximum absolute atomic E-state index is 13.0. The Bertz CT molecular complexity index is 409. The molecule has 3 heteroatoms. The van der Waals surface area contributed by atoms with Gasteiger partial charge < -0.3 is 10.2 Å². The van der Waals surface area contributed by atoms with E-state index in [-0.39, 0.29) is 5.69 Å². The molecular formula is C10H8FNO. The zero-order chi connectivity index (χ0) is 9.26. The highest BCUT2D eigenvalue weighted by atomic mass is 19.1.